The quantitative estimate of drug-likeness (QED) is 0.144. The van der Waals surface area contributed by atoms with E-state index in [1.54, 1.807) is 0 Å². The van der Waals surface area contributed by atoms with Gasteiger partial charge in [0, 0.05) is 13.2 Å². The van der Waals surface area contributed by atoms with E-state index < -0.39 is 11.6 Å². The second kappa shape index (κ2) is 38.6. The maximum atomic E-state index is 11.3. The molecule has 0 spiro atoms. The number of aliphatic carboxylic acids is 1. The monoisotopic (exact) mass is 584 g/mol. The number of carbonyl (C=O) groups excluding carboxylic acids is 5. The van der Waals surface area contributed by atoms with Gasteiger partial charge in [-0.25, -0.2) is 9.59 Å². The Hall–Kier alpha value is -2.54. The van der Waals surface area contributed by atoms with E-state index in [1.165, 1.54) is 0 Å². The molecule has 0 radical (unpaired) electrons. The molecule has 0 aromatic heterocycles. The maximum absolute atomic E-state index is 11.3. The largest absolute Gasteiger partial charge is 0.480 e. The number of ether oxygens (including phenoxy) is 7. The van der Waals surface area contributed by atoms with Crippen LogP contribution in [0.3, 0.4) is 0 Å². The van der Waals surface area contributed by atoms with E-state index in [4.69, 9.17) is 57.4 Å². The van der Waals surface area contributed by atoms with E-state index in [9.17, 15) is 9.59 Å². The van der Waals surface area contributed by atoms with Gasteiger partial charge in [0.1, 0.15) is 18.8 Å². The van der Waals surface area contributed by atoms with Gasteiger partial charge in [-0.2, -0.15) is 19.2 Å². The molecule has 14 nitrogen and oxygen atoms in total. The summed E-state index contributed by atoms with van der Waals surface area (Å²) < 4.78 is 36.1. The molecule has 0 atom stereocenters. The Bertz CT molecular complexity index is 595. The molecule has 40 heavy (non-hydrogen) atoms. The lowest BCUT2D eigenvalue weighted by Crippen LogP contribution is -2.27. The van der Waals surface area contributed by atoms with Crippen molar-refractivity contribution in [3.63, 3.8) is 0 Å². The van der Waals surface area contributed by atoms with Gasteiger partial charge in [0.2, 0.25) is 0 Å². The first-order valence-corrected chi connectivity index (χ1v) is 12.9. The highest BCUT2D eigenvalue weighted by molar-refractivity contribution is 5.71. The van der Waals surface area contributed by atoms with Gasteiger partial charge in [0.25, 0.3) is 0 Å². The van der Waals surface area contributed by atoms with Gasteiger partial charge in [-0.1, -0.05) is 26.7 Å². The van der Waals surface area contributed by atoms with Gasteiger partial charge in [-0.05, 0) is 33.6 Å². The molecule has 0 heterocycles. The molecule has 0 rings (SSSR count). The van der Waals surface area contributed by atoms with Crippen molar-refractivity contribution in [2.45, 2.75) is 65.9 Å². The summed E-state index contributed by atoms with van der Waals surface area (Å²) in [6.45, 7) is 14.8. The standard InChI is InChI=1S/C14H28O5.C10H20O5.2CO2/c1-5-6-7-16-8-9-17-10-11-18-12-13(15)19-14(2,3)4;1-2-3-4-13-5-6-14-7-8-15-9-10(11)12;2*2-1-3/h5-12H2,1-4H3;2-9H2,1H3,(H,11,12);;. The fraction of sp³-hybridized carbons (Fsp3) is 0.846. The van der Waals surface area contributed by atoms with Crippen molar-refractivity contribution in [1.82, 2.24) is 0 Å². The molecule has 0 aromatic carbocycles. The van der Waals surface area contributed by atoms with Crippen LogP contribution in [0.4, 0.5) is 0 Å². The predicted molar refractivity (Wildman–Crippen MR) is 138 cm³/mol. The summed E-state index contributed by atoms with van der Waals surface area (Å²) in [6, 6.07) is 0. The second-order valence-corrected chi connectivity index (χ2v) is 8.41. The third kappa shape index (κ3) is 60.1. The molecule has 0 fully saturated rings. The molecule has 0 amide bonds. The van der Waals surface area contributed by atoms with Crippen LogP contribution in [0, 0.1) is 0 Å². The van der Waals surface area contributed by atoms with Crippen LogP contribution >= 0.6 is 0 Å². The van der Waals surface area contributed by atoms with E-state index >= 15 is 0 Å². The molecular weight excluding hydrogens is 536 g/mol. The van der Waals surface area contributed by atoms with Crippen LogP contribution in [0.25, 0.3) is 0 Å². The van der Waals surface area contributed by atoms with Crippen molar-refractivity contribution in [1.29, 1.82) is 0 Å². The minimum Gasteiger partial charge on any atom is -0.480 e. The summed E-state index contributed by atoms with van der Waals surface area (Å²) in [7, 11) is 0. The minimum atomic E-state index is -0.960. The lowest BCUT2D eigenvalue weighted by molar-refractivity contribution is -0.193. The topological polar surface area (TPSA) is 187 Å². The first-order valence-electron chi connectivity index (χ1n) is 12.9. The number of esters is 1. The molecule has 0 saturated heterocycles. The Labute approximate surface area is 236 Å². The Balaban J connectivity index is -0.000000275. The number of hydrogen-bond donors (Lipinski definition) is 1. The van der Waals surface area contributed by atoms with Gasteiger partial charge in [-0.15, -0.1) is 0 Å². The summed E-state index contributed by atoms with van der Waals surface area (Å²) >= 11 is 0. The van der Waals surface area contributed by atoms with Crippen molar-refractivity contribution in [2.75, 3.05) is 79.3 Å². The highest BCUT2D eigenvalue weighted by atomic mass is 16.6. The van der Waals surface area contributed by atoms with Crippen molar-refractivity contribution >= 4 is 24.2 Å². The van der Waals surface area contributed by atoms with Gasteiger partial charge >= 0.3 is 24.2 Å². The van der Waals surface area contributed by atoms with E-state index in [-0.39, 0.29) is 31.5 Å². The molecule has 0 aliphatic heterocycles. The number of carbonyl (C=O) groups is 2. The molecule has 0 saturated carbocycles. The van der Waals surface area contributed by atoms with Crippen LogP contribution in [0.5, 0.6) is 0 Å². The predicted octanol–water partition coefficient (Wildman–Crippen LogP) is 1.93. The maximum Gasteiger partial charge on any atom is 0.373 e. The summed E-state index contributed by atoms with van der Waals surface area (Å²) in [5, 5.41) is 8.25. The molecule has 0 aliphatic carbocycles. The van der Waals surface area contributed by atoms with Crippen LogP contribution in [0.15, 0.2) is 0 Å². The first kappa shape index (κ1) is 44.5. The average molecular weight is 585 g/mol. The smallest absolute Gasteiger partial charge is 0.373 e. The highest BCUT2D eigenvalue weighted by Gasteiger charge is 2.15. The molecule has 1 N–H and O–H groups in total. The SMILES string of the molecule is CCCCOCCOCCOCC(=O)O.CCCCOCCOCCOCC(=O)OC(C)(C)C.O=C=O.O=C=O. The molecule has 0 aliphatic rings. The number of rotatable bonds is 22. The summed E-state index contributed by atoms with van der Waals surface area (Å²) in [5.41, 5.74) is -0.466. The Morgan fingerprint density at radius 2 is 0.875 bits per heavy atom. The van der Waals surface area contributed by atoms with E-state index in [1.807, 2.05) is 20.8 Å². The van der Waals surface area contributed by atoms with Crippen LogP contribution in [0.2, 0.25) is 0 Å². The first-order chi connectivity index (χ1) is 19.1. The lowest BCUT2D eigenvalue weighted by Gasteiger charge is -2.19. The minimum absolute atomic E-state index is 0.0341. The summed E-state index contributed by atoms with van der Waals surface area (Å²) in [4.78, 5) is 53.8. The van der Waals surface area contributed by atoms with Gasteiger partial charge < -0.3 is 38.3 Å². The van der Waals surface area contributed by atoms with Crippen LogP contribution in [-0.2, 0) is 61.9 Å². The van der Waals surface area contributed by atoms with Crippen molar-refractivity contribution in [3.05, 3.63) is 0 Å². The number of hydrogen-bond acceptors (Lipinski definition) is 13. The molecule has 0 bridgehead atoms. The molecule has 236 valence electrons. The van der Waals surface area contributed by atoms with Gasteiger partial charge in [-0.3, -0.25) is 0 Å². The zero-order valence-electron chi connectivity index (χ0n) is 24.6. The Morgan fingerprint density at radius 3 is 1.18 bits per heavy atom. The number of unbranched alkanes of at least 4 members (excludes halogenated alkanes) is 2. The summed E-state index contributed by atoms with van der Waals surface area (Å²) in [6.07, 6.45) is 4.92. The molecule has 14 heteroatoms. The zero-order valence-corrected chi connectivity index (χ0v) is 24.6. The van der Waals surface area contributed by atoms with Crippen molar-refractivity contribution in [3.8, 4) is 0 Å². The van der Waals surface area contributed by atoms with E-state index in [2.05, 4.69) is 13.8 Å². The normalized spacial score (nSPS) is 9.82. The average Bonchev–Trinajstić information content (AvgIpc) is 2.86. The van der Waals surface area contributed by atoms with E-state index in [0.29, 0.717) is 52.9 Å². The third-order valence-electron chi connectivity index (χ3n) is 3.64. The lowest BCUT2D eigenvalue weighted by atomic mass is 10.2. The fourth-order valence-corrected chi connectivity index (χ4v) is 2.06. The molecule has 0 aromatic rings. The van der Waals surface area contributed by atoms with Gasteiger partial charge in [0.05, 0.1) is 52.9 Å². The highest BCUT2D eigenvalue weighted by Crippen LogP contribution is 2.06. The van der Waals surface area contributed by atoms with Crippen LogP contribution in [0.1, 0.15) is 60.3 Å². The van der Waals surface area contributed by atoms with Gasteiger partial charge in [0.15, 0.2) is 0 Å². The Morgan fingerprint density at radius 1 is 0.575 bits per heavy atom. The Kier molecular flexibility index (Phi) is 42.9. The van der Waals surface area contributed by atoms with Crippen molar-refractivity contribution < 1.29 is 67.0 Å². The van der Waals surface area contributed by atoms with Crippen molar-refractivity contribution in [2.24, 2.45) is 0 Å². The fourth-order valence-electron chi connectivity index (χ4n) is 2.06. The second-order valence-electron chi connectivity index (χ2n) is 8.41. The molecular formula is C26H48O14. The number of carboxylic acids is 1. The molecule has 0 unspecified atom stereocenters. The van der Waals surface area contributed by atoms with Crippen LogP contribution < -0.4 is 0 Å². The zero-order chi connectivity index (χ0) is 31.3. The van der Waals surface area contributed by atoms with Crippen LogP contribution in [-0.4, -0.2) is 114 Å². The summed E-state index contributed by atoms with van der Waals surface area (Å²) in [5.74, 6) is -1.31. The number of carboxylic acid groups (broad SMARTS) is 1. The third-order valence-corrected chi connectivity index (χ3v) is 3.64. The van der Waals surface area contributed by atoms with E-state index in [0.717, 1.165) is 38.9 Å².